The SMILES string of the molecule is CCCCC(N)C(=O)NCC(C)CO. The van der Waals surface area contributed by atoms with Crippen molar-refractivity contribution in [1.82, 2.24) is 5.32 Å². The highest BCUT2D eigenvalue weighted by atomic mass is 16.3. The summed E-state index contributed by atoms with van der Waals surface area (Å²) in [6, 6.07) is -0.402. The first-order chi connectivity index (χ1) is 6.61. The number of hydrogen-bond acceptors (Lipinski definition) is 3. The van der Waals surface area contributed by atoms with Crippen molar-refractivity contribution in [2.24, 2.45) is 11.7 Å². The molecule has 0 radical (unpaired) electrons. The minimum atomic E-state index is -0.402. The minimum absolute atomic E-state index is 0.0878. The number of aliphatic hydroxyl groups excluding tert-OH is 1. The Morgan fingerprint density at radius 2 is 2.21 bits per heavy atom. The highest BCUT2D eigenvalue weighted by Crippen LogP contribution is 1.98. The molecule has 0 rings (SSSR count). The van der Waals surface area contributed by atoms with E-state index in [0.717, 1.165) is 19.3 Å². The molecular weight excluding hydrogens is 180 g/mol. The number of carbonyl (C=O) groups excluding carboxylic acids is 1. The van der Waals surface area contributed by atoms with Gasteiger partial charge in [0.15, 0.2) is 0 Å². The highest BCUT2D eigenvalue weighted by Gasteiger charge is 2.12. The molecule has 0 spiro atoms. The largest absolute Gasteiger partial charge is 0.396 e. The molecule has 14 heavy (non-hydrogen) atoms. The maximum absolute atomic E-state index is 11.4. The van der Waals surface area contributed by atoms with E-state index in [2.05, 4.69) is 12.2 Å². The summed E-state index contributed by atoms with van der Waals surface area (Å²) in [6.07, 6.45) is 2.76. The van der Waals surface area contributed by atoms with Gasteiger partial charge >= 0.3 is 0 Å². The summed E-state index contributed by atoms with van der Waals surface area (Å²) in [4.78, 5) is 11.4. The smallest absolute Gasteiger partial charge is 0.236 e. The van der Waals surface area contributed by atoms with Gasteiger partial charge in [-0.25, -0.2) is 0 Å². The number of unbranched alkanes of at least 4 members (excludes halogenated alkanes) is 1. The van der Waals surface area contributed by atoms with Crippen LogP contribution in [0.5, 0.6) is 0 Å². The van der Waals surface area contributed by atoms with Gasteiger partial charge in [0.2, 0.25) is 5.91 Å². The van der Waals surface area contributed by atoms with Gasteiger partial charge in [-0.2, -0.15) is 0 Å². The molecule has 0 heterocycles. The van der Waals surface area contributed by atoms with Crippen molar-refractivity contribution < 1.29 is 9.90 Å². The Bertz CT molecular complexity index is 162. The number of nitrogens with two attached hydrogens (primary N) is 1. The van der Waals surface area contributed by atoms with Crippen molar-refractivity contribution >= 4 is 5.91 Å². The third-order valence-electron chi connectivity index (χ3n) is 2.14. The second-order valence-corrected chi connectivity index (χ2v) is 3.78. The fourth-order valence-electron chi connectivity index (χ4n) is 1.03. The fraction of sp³-hybridized carbons (Fsp3) is 0.900. The lowest BCUT2D eigenvalue weighted by Crippen LogP contribution is -2.42. The van der Waals surface area contributed by atoms with Crippen LogP contribution in [0, 0.1) is 5.92 Å². The summed E-state index contributed by atoms with van der Waals surface area (Å²) in [5.41, 5.74) is 5.66. The molecule has 0 saturated carbocycles. The first-order valence-corrected chi connectivity index (χ1v) is 5.26. The van der Waals surface area contributed by atoms with E-state index < -0.39 is 6.04 Å². The third kappa shape index (κ3) is 5.94. The van der Waals surface area contributed by atoms with Crippen LogP contribution in [-0.4, -0.2) is 30.2 Å². The Kier molecular flexibility index (Phi) is 7.42. The number of rotatable bonds is 7. The normalized spacial score (nSPS) is 14.9. The molecule has 84 valence electrons. The van der Waals surface area contributed by atoms with E-state index >= 15 is 0 Å². The Hall–Kier alpha value is -0.610. The molecule has 4 N–H and O–H groups in total. The summed E-state index contributed by atoms with van der Waals surface area (Å²) in [5.74, 6) is -0.0175. The van der Waals surface area contributed by atoms with E-state index in [9.17, 15) is 4.79 Å². The van der Waals surface area contributed by atoms with Gasteiger partial charge in [0.1, 0.15) is 0 Å². The molecule has 0 aromatic carbocycles. The molecule has 4 nitrogen and oxygen atoms in total. The van der Waals surface area contributed by atoms with Crippen LogP contribution in [0.25, 0.3) is 0 Å². The molecular formula is C10H22N2O2. The third-order valence-corrected chi connectivity index (χ3v) is 2.14. The van der Waals surface area contributed by atoms with Gasteiger partial charge in [0.05, 0.1) is 6.04 Å². The maximum atomic E-state index is 11.4. The van der Waals surface area contributed by atoms with E-state index in [1.54, 1.807) is 0 Å². The molecule has 0 aromatic heterocycles. The average Bonchev–Trinajstić information content (AvgIpc) is 2.21. The molecule has 0 aliphatic heterocycles. The van der Waals surface area contributed by atoms with Crippen LogP contribution in [0.4, 0.5) is 0 Å². The summed E-state index contributed by atoms with van der Waals surface area (Å²) < 4.78 is 0. The van der Waals surface area contributed by atoms with Crippen LogP contribution < -0.4 is 11.1 Å². The van der Waals surface area contributed by atoms with E-state index in [0.29, 0.717) is 6.54 Å². The number of hydrogen-bond donors (Lipinski definition) is 3. The van der Waals surface area contributed by atoms with E-state index in [1.807, 2.05) is 6.92 Å². The van der Waals surface area contributed by atoms with Crippen LogP contribution in [0.1, 0.15) is 33.1 Å². The van der Waals surface area contributed by atoms with Crippen molar-refractivity contribution in [3.05, 3.63) is 0 Å². The summed E-state index contributed by atoms with van der Waals surface area (Å²) >= 11 is 0. The molecule has 0 aliphatic rings. The number of aliphatic hydroxyl groups is 1. The highest BCUT2D eigenvalue weighted by molar-refractivity contribution is 5.81. The monoisotopic (exact) mass is 202 g/mol. The Balaban J connectivity index is 3.61. The molecule has 0 saturated heterocycles. The molecule has 2 atom stereocenters. The summed E-state index contributed by atoms with van der Waals surface area (Å²) in [6.45, 7) is 4.52. The zero-order valence-corrected chi connectivity index (χ0v) is 9.12. The predicted octanol–water partition coefficient (Wildman–Crippen LogP) is 0.249. The molecule has 0 aliphatic carbocycles. The first-order valence-electron chi connectivity index (χ1n) is 5.26. The molecule has 0 bridgehead atoms. The van der Waals surface area contributed by atoms with Crippen LogP contribution in [-0.2, 0) is 4.79 Å². The van der Waals surface area contributed by atoms with Crippen molar-refractivity contribution in [1.29, 1.82) is 0 Å². The molecule has 4 heteroatoms. The van der Waals surface area contributed by atoms with Crippen molar-refractivity contribution in [3.8, 4) is 0 Å². The Labute approximate surface area is 85.9 Å². The standard InChI is InChI=1S/C10H22N2O2/c1-3-4-5-9(11)10(14)12-6-8(2)7-13/h8-9,13H,3-7,11H2,1-2H3,(H,12,14). The van der Waals surface area contributed by atoms with Gasteiger partial charge in [-0.1, -0.05) is 26.7 Å². The van der Waals surface area contributed by atoms with Gasteiger partial charge < -0.3 is 16.2 Å². The quantitative estimate of drug-likeness (QED) is 0.554. The lowest BCUT2D eigenvalue weighted by molar-refractivity contribution is -0.122. The maximum Gasteiger partial charge on any atom is 0.236 e. The van der Waals surface area contributed by atoms with Crippen LogP contribution in [0.15, 0.2) is 0 Å². The summed E-state index contributed by atoms with van der Waals surface area (Å²) in [5, 5.41) is 11.5. The number of nitrogens with one attached hydrogen (secondary N) is 1. The Morgan fingerprint density at radius 1 is 1.57 bits per heavy atom. The van der Waals surface area contributed by atoms with E-state index in [4.69, 9.17) is 10.8 Å². The molecule has 0 fully saturated rings. The van der Waals surface area contributed by atoms with Gasteiger partial charge in [-0.3, -0.25) is 4.79 Å². The van der Waals surface area contributed by atoms with Crippen molar-refractivity contribution in [2.45, 2.75) is 39.2 Å². The summed E-state index contributed by atoms with van der Waals surface area (Å²) in [7, 11) is 0. The molecule has 1 amide bonds. The van der Waals surface area contributed by atoms with Crippen LogP contribution >= 0.6 is 0 Å². The predicted molar refractivity (Wildman–Crippen MR) is 56.8 cm³/mol. The van der Waals surface area contributed by atoms with Crippen molar-refractivity contribution in [2.75, 3.05) is 13.2 Å². The van der Waals surface area contributed by atoms with Gasteiger partial charge in [0, 0.05) is 13.2 Å². The van der Waals surface area contributed by atoms with Crippen molar-refractivity contribution in [3.63, 3.8) is 0 Å². The number of carbonyl (C=O) groups is 1. The lowest BCUT2D eigenvalue weighted by Gasteiger charge is -2.13. The average molecular weight is 202 g/mol. The van der Waals surface area contributed by atoms with Crippen LogP contribution in [0.3, 0.4) is 0 Å². The van der Waals surface area contributed by atoms with E-state index in [-0.39, 0.29) is 18.4 Å². The second kappa shape index (κ2) is 7.76. The fourth-order valence-corrected chi connectivity index (χ4v) is 1.03. The first kappa shape index (κ1) is 13.4. The van der Waals surface area contributed by atoms with Gasteiger partial charge in [-0.05, 0) is 12.3 Å². The molecule has 2 unspecified atom stereocenters. The lowest BCUT2D eigenvalue weighted by atomic mass is 10.1. The molecule has 0 aromatic rings. The zero-order valence-electron chi connectivity index (χ0n) is 9.12. The van der Waals surface area contributed by atoms with Crippen LogP contribution in [0.2, 0.25) is 0 Å². The second-order valence-electron chi connectivity index (χ2n) is 3.78. The topological polar surface area (TPSA) is 75.4 Å². The van der Waals surface area contributed by atoms with Gasteiger partial charge in [-0.15, -0.1) is 0 Å². The zero-order chi connectivity index (χ0) is 11.0. The van der Waals surface area contributed by atoms with Gasteiger partial charge in [0.25, 0.3) is 0 Å². The Morgan fingerprint density at radius 3 is 2.71 bits per heavy atom. The number of amides is 1. The van der Waals surface area contributed by atoms with E-state index in [1.165, 1.54) is 0 Å². The minimum Gasteiger partial charge on any atom is -0.396 e.